The fourth-order valence-corrected chi connectivity index (χ4v) is 10.3. The van der Waals surface area contributed by atoms with E-state index in [0.29, 0.717) is 31.2 Å². The molecule has 6 atom stereocenters. The van der Waals surface area contributed by atoms with Crippen LogP contribution in [0.4, 0.5) is 0 Å². The van der Waals surface area contributed by atoms with Crippen LogP contribution in [-0.4, -0.2) is 41.3 Å². The highest BCUT2D eigenvalue weighted by Gasteiger charge is 2.37. The molecule has 3 saturated carbocycles. The Morgan fingerprint density at radius 2 is 1.40 bits per heavy atom. The van der Waals surface area contributed by atoms with Crippen molar-refractivity contribution in [2.45, 2.75) is 153 Å². The maximum absolute atomic E-state index is 14.5. The summed E-state index contributed by atoms with van der Waals surface area (Å²) >= 11 is 0. The number of ketones is 1. The van der Waals surface area contributed by atoms with Gasteiger partial charge in [-0.15, -0.1) is 0 Å². The lowest BCUT2D eigenvalue weighted by Gasteiger charge is -2.27. The Morgan fingerprint density at radius 1 is 0.719 bits per heavy atom. The summed E-state index contributed by atoms with van der Waals surface area (Å²) < 4.78 is 0. The fraction of sp³-hybridized carbons (Fsp3) is 0.569. The van der Waals surface area contributed by atoms with E-state index in [-0.39, 0.29) is 23.7 Å². The van der Waals surface area contributed by atoms with Gasteiger partial charge in [-0.3, -0.25) is 9.59 Å². The standard InChI is InChI=1S/C51H72N4O2/c52-32-20-27-48(50(56)43-30-28-41(35-43)33-39-21-14-12-8-4-5-9-13-15-22-39)55-51(57)49(37-44-38-53-47-26-19-18-25-46(44)47)54-45-31-29-42(36-45)34-40-23-16-10-6-2-1-3-7-11-17-24-40/h1-3,6-7,10-11,16-19,23-26,38-39,41-43,45,48-49,53-54H,4-5,8-9,12-15,20-22,27-37,52H2,(H,55,57)/b2-1-,3-1?,6-2?,7-3-,10-6-,11-7?,16-10?,17-11-,23-16-,24-17?,40-23?,40-24+/t41?,42?,43?,45?,48-,49+/m1/s1. The Balaban J connectivity index is 1.10. The van der Waals surface area contributed by atoms with E-state index >= 15 is 0 Å². The van der Waals surface area contributed by atoms with Crippen molar-refractivity contribution < 1.29 is 9.59 Å². The first kappa shape index (κ1) is 42.9. The maximum Gasteiger partial charge on any atom is 0.238 e. The number of H-pyrrole nitrogens is 1. The molecule has 2 aromatic rings. The van der Waals surface area contributed by atoms with Gasteiger partial charge in [0.1, 0.15) is 0 Å². The maximum atomic E-state index is 14.5. The van der Waals surface area contributed by atoms with Crippen molar-refractivity contribution in [1.29, 1.82) is 0 Å². The zero-order valence-corrected chi connectivity index (χ0v) is 34.7. The number of hydrogen-bond acceptors (Lipinski definition) is 4. The summed E-state index contributed by atoms with van der Waals surface area (Å²) in [5, 5.41) is 8.34. The first-order chi connectivity index (χ1) is 28.1. The van der Waals surface area contributed by atoms with Crippen molar-refractivity contribution in [3.8, 4) is 0 Å². The zero-order chi connectivity index (χ0) is 39.5. The number of nitrogens with two attached hydrogens (primary N) is 1. The summed E-state index contributed by atoms with van der Waals surface area (Å²) in [6.07, 6.45) is 49.4. The third-order valence-electron chi connectivity index (χ3n) is 13.4. The van der Waals surface area contributed by atoms with Crippen LogP contribution < -0.4 is 16.4 Å². The Kier molecular flexibility index (Phi) is 17.8. The largest absolute Gasteiger partial charge is 0.361 e. The van der Waals surface area contributed by atoms with Crippen LogP contribution in [0.5, 0.6) is 0 Å². The highest BCUT2D eigenvalue weighted by atomic mass is 16.2. The summed E-state index contributed by atoms with van der Waals surface area (Å²) in [4.78, 5) is 32.3. The normalized spacial score (nSPS) is 28.8. The number of rotatable bonds is 15. The minimum Gasteiger partial charge on any atom is -0.361 e. The first-order valence-electron chi connectivity index (χ1n) is 22.9. The van der Waals surface area contributed by atoms with Crippen LogP contribution in [0.25, 0.3) is 10.9 Å². The zero-order valence-electron chi connectivity index (χ0n) is 34.7. The molecule has 57 heavy (non-hydrogen) atoms. The number of hydrogen-bond donors (Lipinski definition) is 4. The van der Waals surface area contributed by atoms with E-state index in [1.54, 1.807) is 0 Å². The van der Waals surface area contributed by atoms with Gasteiger partial charge in [-0.25, -0.2) is 0 Å². The van der Waals surface area contributed by atoms with Gasteiger partial charge in [0.25, 0.3) is 0 Å². The Bertz CT molecular complexity index is 1710. The molecule has 1 heterocycles. The predicted molar refractivity (Wildman–Crippen MR) is 239 cm³/mol. The van der Waals surface area contributed by atoms with E-state index in [1.165, 1.54) is 76.2 Å². The van der Waals surface area contributed by atoms with Crippen molar-refractivity contribution in [2.75, 3.05) is 6.54 Å². The number of aromatic nitrogens is 1. The summed E-state index contributed by atoms with van der Waals surface area (Å²) in [5.41, 5.74) is 9.53. The van der Waals surface area contributed by atoms with Gasteiger partial charge < -0.3 is 21.4 Å². The summed E-state index contributed by atoms with van der Waals surface area (Å²) in [5.74, 6) is 2.18. The molecular formula is C51H72N4O2. The Morgan fingerprint density at radius 3 is 2.16 bits per heavy atom. The lowest BCUT2D eigenvalue weighted by molar-refractivity contribution is -0.131. The quantitative estimate of drug-likeness (QED) is 0.145. The Hall–Kier alpha value is -3.74. The van der Waals surface area contributed by atoms with Crippen molar-refractivity contribution >= 4 is 22.6 Å². The number of para-hydroxylation sites is 1. The van der Waals surface area contributed by atoms with Gasteiger partial charge in [0.15, 0.2) is 5.78 Å². The molecule has 4 unspecified atom stereocenters. The van der Waals surface area contributed by atoms with Gasteiger partial charge in [-0.2, -0.15) is 0 Å². The van der Waals surface area contributed by atoms with Crippen LogP contribution >= 0.6 is 0 Å². The highest BCUT2D eigenvalue weighted by Crippen LogP contribution is 2.39. The van der Waals surface area contributed by atoms with Gasteiger partial charge >= 0.3 is 0 Å². The molecule has 6 heteroatoms. The minimum absolute atomic E-state index is 0.0355. The number of carbonyl (C=O) groups is 2. The number of carbonyl (C=O) groups excluding carboxylic acids is 2. The molecule has 3 fully saturated rings. The summed E-state index contributed by atoms with van der Waals surface area (Å²) in [6.45, 7) is 0.514. The molecule has 0 spiro atoms. The predicted octanol–water partition coefficient (Wildman–Crippen LogP) is 11.1. The third-order valence-corrected chi connectivity index (χ3v) is 13.4. The van der Waals surface area contributed by atoms with E-state index < -0.39 is 12.1 Å². The lowest BCUT2D eigenvalue weighted by atomic mass is 9.85. The molecule has 4 aliphatic carbocycles. The van der Waals surface area contributed by atoms with Gasteiger partial charge in [-0.05, 0) is 112 Å². The molecule has 1 aromatic heterocycles. The van der Waals surface area contributed by atoms with Crippen LogP contribution in [0.3, 0.4) is 0 Å². The average Bonchev–Trinajstić information content (AvgIpc) is 3.97. The van der Waals surface area contributed by atoms with Crippen molar-refractivity contribution in [3.63, 3.8) is 0 Å². The molecule has 5 N–H and O–H groups in total. The number of Topliss-reactive ketones (excluding diaryl/α,β-unsaturated/α-hetero) is 1. The molecule has 4 aliphatic rings. The van der Waals surface area contributed by atoms with E-state index in [2.05, 4.69) is 88.6 Å². The SMILES string of the molecule is NCCC[C@@H](NC(=O)[C@H](Cc1c[nH]c2ccccc12)NC1CCC(CC2=C/C=C\C=C/C=C\C=C/C=C\2)C1)C(=O)C1CCC(CC2CCCCCCCCCC2)C1. The molecule has 0 aliphatic heterocycles. The van der Waals surface area contributed by atoms with E-state index in [9.17, 15) is 9.59 Å². The van der Waals surface area contributed by atoms with Crippen LogP contribution in [0, 0.1) is 23.7 Å². The van der Waals surface area contributed by atoms with Crippen LogP contribution in [-0.2, 0) is 16.0 Å². The average molecular weight is 773 g/mol. The molecule has 1 amide bonds. The number of nitrogens with one attached hydrogen (secondary N) is 3. The second kappa shape index (κ2) is 23.6. The van der Waals surface area contributed by atoms with E-state index in [1.807, 2.05) is 24.3 Å². The summed E-state index contributed by atoms with van der Waals surface area (Å²) in [7, 11) is 0. The second-order valence-electron chi connectivity index (χ2n) is 17.8. The highest BCUT2D eigenvalue weighted by molar-refractivity contribution is 5.93. The molecule has 0 bridgehead atoms. The molecule has 1 aromatic carbocycles. The van der Waals surface area contributed by atoms with Gasteiger partial charge in [0.2, 0.25) is 5.91 Å². The van der Waals surface area contributed by atoms with Crippen LogP contribution in [0.2, 0.25) is 0 Å². The van der Waals surface area contributed by atoms with Crippen molar-refractivity contribution in [3.05, 3.63) is 108 Å². The van der Waals surface area contributed by atoms with Crippen LogP contribution in [0.1, 0.15) is 134 Å². The van der Waals surface area contributed by atoms with Crippen LogP contribution in [0.15, 0.2) is 103 Å². The van der Waals surface area contributed by atoms with Gasteiger partial charge in [0.05, 0.1) is 12.1 Å². The third kappa shape index (κ3) is 14.0. The topological polar surface area (TPSA) is 100 Å². The van der Waals surface area contributed by atoms with E-state index in [0.717, 1.165) is 73.8 Å². The number of fused-ring (bicyclic) bond motifs is 1. The molecular weight excluding hydrogens is 701 g/mol. The second-order valence-corrected chi connectivity index (χ2v) is 17.8. The number of allylic oxidation sites excluding steroid dienone is 12. The monoisotopic (exact) mass is 773 g/mol. The van der Waals surface area contributed by atoms with E-state index in [4.69, 9.17) is 5.73 Å². The lowest BCUT2D eigenvalue weighted by Crippen LogP contribution is -2.53. The number of amides is 1. The Labute approximate surface area is 344 Å². The van der Waals surface area contributed by atoms with Gasteiger partial charge in [-0.1, -0.05) is 149 Å². The van der Waals surface area contributed by atoms with Crippen molar-refractivity contribution in [1.82, 2.24) is 15.6 Å². The number of aromatic amines is 1. The fourth-order valence-electron chi connectivity index (χ4n) is 10.3. The molecule has 308 valence electrons. The minimum atomic E-state index is -0.488. The molecule has 6 rings (SSSR count). The summed E-state index contributed by atoms with van der Waals surface area (Å²) in [6, 6.07) is 7.62. The molecule has 0 saturated heterocycles. The smallest absolute Gasteiger partial charge is 0.238 e. The molecule has 0 radical (unpaired) electrons. The molecule has 6 nitrogen and oxygen atoms in total. The van der Waals surface area contributed by atoms with Crippen molar-refractivity contribution in [2.24, 2.45) is 29.4 Å². The first-order valence-corrected chi connectivity index (χ1v) is 22.9. The number of benzene rings is 1. The van der Waals surface area contributed by atoms with Gasteiger partial charge in [0, 0.05) is 29.1 Å².